The normalized spacial score (nSPS) is 11.8. The first-order valence-corrected chi connectivity index (χ1v) is 11.5. The fourth-order valence-corrected chi connectivity index (χ4v) is 5.60. The summed E-state index contributed by atoms with van der Waals surface area (Å²) in [5.74, 6) is 0. The third-order valence-electron chi connectivity index (χ3n) is 5.06. The summed E-state index contributed by atoms with van der Waals surface area (Å²) in [7, 11) is -2.33. The highest BCUT2D eigenvalue weighted by Gasteiger charge is 2.23. The van der Waals surface area contributed by atoms with Crippen LogP contribution >= 0.6 is 11.3 Å². The molecule has 30 heavy (non-hydrogen) atoms. The fourth-order valence-electron chi connectivity index (χ4n) is 3.39. The van der Waals surface area contributed by atoms with Crippen molar-refractivity contribution in [3.63, 3.8) is 0 Å². The van der Waals surface area contributed by atoms with E-state index in [-0.39, 0.29) is 15.5 Å². The highest BCUT2D eigenvalue weighted by atomic mass is 32.2. The number of nitrogens with one attached hydrogen (secondary N) is 1. The van der Waals surface area contributed by atoms with Crippen molar-refractivity contribution in [3.8, 4) is 5.69 Å². The topological polar surface area (TPSA) is 95.1 Å². The number of sulfonamides is 1. The van der Waals surface area contributed by atoms with Gasteiger partial charge in [-0.3, -0.25) is 23.6 Å². The number of benzene rings is 2. The minimum Gasteiger partial charge on any atom is -0.299 e. The van der Waals surface area contributed by atoms with Crippen LogP contribution in [0.25, 0.3) is 15.9 Å². The molecule has 156 valence electrons. The zero-order valence-corrected chi connectivity index (χ0v) is 18.3. The molecule has 0 aliphatic rings. The van der Waals surface area contributed by atoms with Gasteiger partial charge in [0.1, 0.15) is 5.69 Å². The van der Waals surface area contributed by atoms with Gasteiger partial charge in [-0.05, 0) is 44.2 Å². The van der Waals surface area contributed by atoms with Gasteiger partial charge < -0.3 is 0 Å². The first-order chi connectivity index (χ1) is 14.2. The van der Waals surface area contributed by atoms with Gasteiger partial charge in [-0.1, -0.05) is 29.5 Å². The first-order valence-electron chi connectivity index (χ1n) is 9.25. The standard InChI is InChI=1S/C20H20N4O4S2/c1-4-23-16-11-10-15(12-17(16)29-20(23)26)30(27,28)21-18-13(2)22(3)24(19(18)25)14-8-6-5-7-9-14/h5-12,21H,4H2,1-3H3. The quantitative estimate of drug-likeness (QED) is 0.512. The molecule has 0 aliphatic heterocycles. The van der Waals surface area contributed by atoms with E-state index in [2.05, 4.69) is 4.72 Å². The minimum absolute atomic E-state index is 0.00610. The summed E-state index contributed by atoms with van der Waals surface area (Å²) in [6, 6.07) is 13.5. The molecule has 2 aromatic carbocycles. The van der Waals surface area contributed by atoms with Gasteiger partial charge in [0.2, 0.25) is 0 Å². The van der Waals surface area contributed by atoms with Crippen molar-refractivity contribution in [2.45, 2.75) is 25.3 Å². The maximum absolute atomic E-state index is 13.0. The van der Waals surface area contributed by atoms with Crippen LogP contribution in [0.1, 0.15) is 12.6 Å². The average molecular weight is 445 g/mol. The molecule has 0 bridgehead atoms. The van der Waals surface area contributed by atoms with E-state index in [1.54, 1.807) is 53.6 Å². The van der Waals surface area contributed by atoms with E-state index in [4.69, 9.17) is 0 Å². The molecule has 0 amide bonds. The summed E-state index contributed by atoms with van der Waals surface area (Å²) >= 11 is 0.995. The lowest BCUT2D eigenvalue weighted by Gasteiger charge is -2.08. The van der Waals surface area contributed by atoms with Crippen molar-refractivity contribution in [3.05, 3.63) is 74.2 Å². The molecule has 4 aromatic rings. The van der Waals surface area contributed by atoms with Crippen molar-refractivity contribution in [2.75, 3.05) is 4.72 Å². The van der Waals surface area contributed by atoms with Crippen LogP contribution in [-0.2, 0) is 23.6 Å². The molecular weight excluding hydrogens is 424 g/mol. The summed E-state index contributed by atoms with van der Waals surface area (Å²) in [6.07, 6.45) is 0. The monoisotopic (exact) mass is 444 g/mol. The number of hydrogen-bond acceptors (Lipinski definition) is 5. The smallest absolute Gasteiger partial charge is 0.299 e. The molecule has 1 N–H and O–H groups in total. The van der Waals surface area contributed by atoms with Crippen molar-refractivity contribution >= 4 is 37.3 Å². The van der Waals surface area contributed by atoms with Crippen LogP contribution in [0, 0.1) is 6.92 Å². The SMILES string of the molecule is CCn1c(=O)sc2cc(S(=O)(=O)Nc3c(C)n(C)n(-c4ccccc4)c3=O)ccc21. The van der Waals surface area contributed by atoms with E-state index >= 15 is 0 Å². The van der Waals surface area contributed by atoms with E-state index in [1.807, 2.05) is 13.0 Å². The highest BCUT2D eigenvalue weighted by Crippen LogP contribution is 2.24. The van der Waals surface area contributed by atoms with Gasteiger partial charge in [-0.15, -0.1) is 0 Å². The Bertz CT molecular complexity index is 1480. The first kappa shape index (κ1) is 20.2. The van der Waals surface area contributed by atoms with E-state index in [0.29, 0.717) is 28.1 Å². The minimum atomic E-state index is -4.03. The Morgan fingerprint density at radius 1 is 1.07 bits per heavy atom. The number of anilines is 1. The maximum atomic E-state index is 13.0. The number of fused-ring (bicyclic) bond motifs is 1. The maximum Gasteiger partial charge on any atom is 0.308 e. The summed E-state index contributed by atoms with van der Waals surface area (Å²) in [5.41, 5.74) is 1.32. The van der Waals surface area contributed by atoms with Crippen LogP contribution in [0.15, 0.2) is 63.0 Å². The van der Waals surface area contributed by atoms with Gasteiger partial charge in [0.15, 0.2) is 0 Å². The van der Waals surface area contributed by atoms with Crippen LogP contribution < -0.4 is 15.2 Å². The average Bonchev–Trinajstić information content (AvgIpc) is 3.15. The van der Waals surface area contributed by atoms with Gasteiger partial charge in [-0.25, -0.2) is 13.1 Å². The zero-order valence-electron chi connectivity index (χ0n) is 16.6. The van der Waals surface area contributed by atoms with Crippen LogP contribution in [0.3, 0.4) is 0 Å². The predicted molar refractivity (Wildman–Crippen MR) is 118 cm³/mol. The van der Waals surface area contributed by atoms with Gasteiger partial charge in [0, 0.05) is 13.6 Å². The predicted octanol–water partition coefficient (Wildman–Crippen LogP) is 2.68. The van der Waals surface area contributed by atoms with Gasteiger partial charge in [0.05, 0.1) is 26.5 Å². The van der Waals surface area contributed by atoms with Crippen LogP contribution in [-0.4, -0.2) is 22.3 Å². The summed E-state index contributed by atoms with van der Waals surface area (Å²) in [6.45, 7) is 4.04. The lowest BCUT2D eigenvalue weighted by Crippen LogP contribution is -2.23. The Kier molecular flexibility index (Phi) is 4.91. The van der Waals surface area contributed by atoms with Crippen LogP contribution in [0.2, 0.25) is 0 Å². The van der Waals surface area contributed by atoms with Crippen LogP contribution in [0.4, 0.5) is 5.69 Å². The molecule has 2 heterocycles. The Labute approximate surface area is 176 Å². The molecule has 4 rings (SSSR count). The summed E-state index contributed by atoms with van der Waals surface area (Å²) in [4.78, 5) is 24.9. The summed E-state index contributed by atoms with van der Waals surface area (Å²) < 4.78 is 33.7. The Morgan fingerprint density at radius 2 is 1.77 bits per heavy atom. The molecule has 8 nitrogen and oxygen atoms in total. The molecule has 0 radical (unpaired) electrons. The third kappa shape index (κ3) is 3.17. The molecule has 0 spiro atoms. The number of hydrogen-bond donors (Lipinski definition) is 1. The molecule has 0 saturated heterocycles. The van der Waals surface area contributed by atoms with Crippen molar-refractivity contribution in [1.29, 1.82) is 0 Å². The molecule has 10 heteroatoms. The number of aromatic nitrogens is 3. The van der Waals surface area contributed by atoms with E-state index in [0.717, 1.165) is 11.3 Å². The lowest BCUT2D eigenvalue weighted by atomic mass is 10.3. The number of thiazole rings is 1. The third-order valence-corrected chi connectivity index (χ3v) is 7.35. The van der Waals surface area contributed by atoms with Gasteiger partial charge >= 0.3 is 4.87 Å². The second-order valence-electron chi connectivity index (χ2n) is 6.78. The second kappa shape index (κ2) is 7.29. The molecule has 0 fully saturated rings. The van der Waals surface area contributed by atoms with Crippen LogP contribution in [0.5, 0.6) is 0 Å². The fraction of sp³-hybridized carbons (Fsp3) is 0.200. The summed E-state index contributed by atoms with van der Waals surface area (Å²) in [5, 5.41) is 0. The second-order valence-corrected chi connectivity index (χ2v) is 9.46. The molecule has 0 atom stereocenters. The molecule has 0 aliphatic carbocycles. The molecule has 0 saturated carbocycles. The Morgan fingerprint density at radius 3 is 2.43 bits per heavy atom. The van der Waals surface area contributed by atoms with E-state index in [9.17, 15) is 18.0 Å². The van der Waals surface area contributed by atoms with E-state index < -0.39 is 15.6 Å². The number of nitrogens with zero attached hydrogens (tertiary/aromatic N) is 3. The molecular formula is C20H20N4O4S2. The molecule has 2 aromatic heterocycles. The Hall–Kier alpha value is -3.11. The van der Waals surface area contributed by atoms with Crippen molar-refractivity contribution in [2.24, 2.45) is 7.05 Å². The lowest BCUT2D eigenvalue weighted by molar-refractivity contribution is 0.601. The Balaban J connectivity index is 1.79. The largest absolute Gasteiger partial charge is 0.308 e. The zero-order chi connectivity index (χ0) is 21.6. The number of rotatable bonds is 5. The van der Waals surface area contributed by atoms with Crippen molar-refractivity contribution < 1.29 is 8.42 Å². The van der Waals surface area contributed by atoms with Gasteiger partial charge in [0.25, 0.3) is 15.6 Å². The highest BCUT2D eigenvalue weighted by molar-refractivity contribution is 7.92. The number of aryl methyl sites for hydroxylation is 1. The van der Waals surface area contributed by atoms with Crippen molar-refractivity contribution in [1.82, 2.24) is 13.9 Å². The van der Waals surface area contributed by atoms with E-state index in [1.165, 1.54) is 16.8 Å². The number of para-hydroxylation sites is 1. The molecule has 0 unspecified atom stereocenters. The van der Waals surface area contributed by atoms with Gasteiger partial charge in [-0.2, -0.15) is 0 Å².